The summed E-state index contributed by atoms with van der Waals surface area (Å²) in [5.74, 6) is 0.866. The van der Waals surface area contributed by atoms with E-state index in [1.807, 2.05) is 24.3 Å². The maximum Gasteiger partial charge on any atom is 0.494 e. The first-order valence-corrected chi connectivity index (χ1v) is 12.9. The van der Waals surface area contributed by atoms with Gasteiger partial charge in [0.1, 0.15) is 11.9 Å². The Kier molecular flexibility index (Phi) is 7.39. The van der Waals surface area contributed by atoms with Gasteiger partial charge in [0, 0.05) is 6.42 Å². The molecule has 2 unspecified atom stereocenters. The first-order chi connectivity index (χ1) is 11.3. The molecule has 134 valence electrons. The number of halogens is 1. The SMILES string of the molecule is CC1(C)OB(c2ccc(OC3CCOC3)cc2)OC1(C)C.CPI. The van der Waals surface area contributed by atoms with Gasteiger partial charge in [-0.15, -0.1) is 0 Å². The summed E-state index contributed by atoms with van der Waals surface area (Å²) in [7, 11) is -0.320. The third kappa shape index (κ3) is 5.07. The highest BCUT2D eigenvalue weighted by Gasteiger charge is 2.51. The Hall–Kier alpha value is 0.125. The van der Waals surface area contributed by atoms with Gasteiger partial charge in [0.05, 0.1) is 24.4 Å². The van der Waals surface area contributed by atoms with Crippen LogP contribution in [0, 0.1) is 0 Å². The van der Waals surface area contributed by atoms with E-state index in [9.17, 15) is 0 Å². The van der Waals surface area contributed by atoms with Gasteiger partial charge in [0.25, 0.3) is 0 Å². The average molecular weight is 464 g/mol. The standard InChI is InChI=1S/C16H23BO4.CH4IP/c1-15(2)16(3,4)21-17(20-15)12-5-7-13(8-6-12)19-14-9-10-18-11-14;1-3-2/h5-8,14H,9-11H2,1-4H3;3H,1H3. The normalized spacial score (nSPS) is 24.9. The lowest BCUT2D eigenvalue weighted by Crippen LogP contribution is -2.41. The van der Waals surface area contributed by atoms with E-state index in [1.54, 1.807) is 0 Å². The minimum absolute atomic E-state index is 0.174. The Labute approximate surface area is 160 Å². The van der Waals surface area contributed by atoms with E-state index >= 15 is 0 Å². The summed E-state index contributed by atoms with van der Waals surface area (Å²) in [6, 6.07) is 7.96. The molecule has 4 nitrogen and oxygen atoms in total. The van der Waals surface area contributed by atoms with Crippen LogP contribution in [0.15, 0.2) is 24.3 Å². The Bertz CT molecular complexity index is 502. The molecule has 7 heteroatoms. The van der Waals surface area contributed by atoms with Crippen LogP contribution in [0.1, 0.15) is 34.1 Å². The zero-order valence-electron chi connectivity index (χ0n) is 15.1. The van der Waals surface area contributed by atoms with Gasteiger partial charge in [-0.05, 0) is 52.0 Å². The summed E-state index contributed by atoms with van der Waals surface area (Å²) in [6.07, 6.45) is 2.18. The summed E-state index contributed by atoms with van der Waals surface area (Å²) in [6.45, 7) is 11.8. The first-order valence-electron chi connectivity index (χ1n) is 8.26. The molecule has 1 aromatic carbocycles. The second-order valence-electron chi connectivity index (χ2n) is 6.95. The molecule has 2 saturated heterocycles. The van der Waals surface area contributed by atoms with Crippen LogP contribution in [0.5, 0.6) is 5.75 Å². The second-order valence-corrected chi connectivity index (χ2v) is 10.6. The second kappa shape index (κ2) is 8.67. The molecule has 2 aliphatic heterocycles. The summed E-state index contributed by atoms with van der Waals surface area (Å²) >= 11 is 2.32. The minimum atomic E-state index is -0.320. The molecular weight excluding hydrogens is 437 g/mol. The van der Waals surface area contributed by atoms with Crippen molar-refractivity contribution in [1.29, 1.82) is 0 Å². The van der Waals surface area contributed by atoms with E-state index < -0.39 is 0 Å². The highest BCUT2D eigenvalue weighted by Crippen LogP contribution is 2.36. The molecule has 0 amide bonds. The van der Waals surface area contributed by atoms with Crippen molar-refractivity contribution in [2.45, 2.75) is 51.4 Å². The van der Waals surface area contributed by atoms with E-state index in [4.69, 9.17) is 18.8 Å². The minimum Gasteiger partial charge on any atom is -0.488 e. The van der Waals surface area contributed by atoms with Crippen molar-refractivity contribution in [3.8, 4) is 5.75 Å². The molecule has 0 aliphatic carbocycles. The number of hydrogen-bond acceptors (Lipinski definition) is 4. The zero-order valence-corrected chi connectivity index (χ0v) is 18.3. The van der Waals surface area contributed by atoms with Gasteiger partial charge in [-0.3, -0.25) is 0 Å². The molecule has 0 N–H and O–H groups in total. The van der Waals surface area contributed by atoms with Crippen LogP contribution in [-0.4, -0.2) is 44.3 Å². The zero-order chi connectivity index (χ0) is 17.8. The number of benzene rings is 1. The molecule has 0 radical (unpaired) electrons. The lowest BCUT2D eigenvalue weighted by molar-refractivity contribution is 0.00578. The number of rotatable bonds is 3. The molecule has 2 fully saturated rings. The third-order valence-electron chi connectivity index (χ3n) is 4.60. The topological polar surface area (TPSA) is 36.9 Å². The van der Waals surface area contributed by atoms with Crippen molar-refractivity contribution in [3.05, 3.63) is 24.3 Å². The molecular formula is C17H27BIO4P. The lowest BCUT2D eigenvalue weighted by atomic mass is 9.79. The van der Waals surface area contributed by atoms with Crippen LogP contribution in [0.2, 0.25) is 0 Å². The van der Waals surface area contributed by atoms with Crippen LogP contribution in [0.3, 0.4) is 0 Å². The van der Waals surface area contributed by atoms with E-state index in [0.717, 1.165) is 30.5 Å². The fourth-order valence-electron chi connectivity index (χ4n) is 2.48. The lowest BCUT2D eigenvalue weighted by Gasteiger charge is -2.32. The molecule has 2 aliphatic rings. The quantitative estimate of drug-likeness (QED) is 0.388. The van der Waals surface area contributed by atoms with Crippen LogP contribution >= 0.6 is 28.3 Å². The number of ether oxygens (including phenoxy) is 2. The maximum atomic E-state index is 6.04. The van der Waals surface area contributed by atoms with Crippen LogP contribution in [-0.2, 0) is 14.0 Å². The van der Waals surface area contributed by atoms with Crippen molar-refractivity contribution in [3.63, 3.8) is 0 Å². The Balaban J connectivity index is 0.000000647. The van der Waals surface area contributed by atoms with Gasteiger partial charge in [-0.1, -0.05) is 40.4 Å². The fraction of sp³-hybridized carbons (Fsp3) is 0.647. The Morgan fingerprint density at radius 1 is 1.12 bits per heavy atom. The van der Waals surface area contributed by atoms with Gasteiger partial charge >= 0.3 is 7.12 Å². The predicted molar refractivity (Wildman–Crippen MR) is 110 cm³/mol. The Morgan fingerprint density at radius 2 is 1.67 bits per heavy atom. The van der Waals surface area contributed by atoms with Gasteiger partial charge in [0.2, 0.25) is 0 Å². The monoisotopic (exact) mass is 464 g/mol. The Morgan fingerprint density at radius 3 is 2.12 bits per heavy atom. The average Bonchev–Trinajstić information content (AvgIpc) is 3.07. The summed E-state index contributed by atoms with van der Waals surface area (Å²) < 4.78 is 23.3. The van der Waals surface area contributed by atoms with Crippen molar-refractivity contribution in [1.82, 2.24) is 0 Å². The molecule has 24 heavy (non-hydrogen) atoms. The van der Waals surface area contributed by atoms with Gasteiger partial charge in [-0.2, -0.15) is 0 Å². The first kappa shape index (κ1) is 20.4. The van der Waals surface area contributed by atoms with E-state index in [1.165, 1.54) is 0 Å². The van der Waals surface area contributed by atoms with E-state index in [0.29, 0.717) is 6.61 Å². The molecule has 3 rings (SSSR count). The summed E-state index contributed by atoms with van der Waals surface area (Å²) in [4.78, 5) is 0. The van der Waals surface area contributed by atoms with Crippen molar-refractivity contribution < 1.29 is 18.8 Å². The van der Waals surface area contributed by atoms with E-state index in [2.05, 4.69) is 56.4 Å². The van der Waals surface area contributed by atoms with Gasteiger partial charge in [0.15, 0.2) is 0 Å². The predicted octanol–water partition coefficient (Wildman–Crippen LogP) is 3.80. The molecule has 0 spiro atoms. The van der Waals surface area contributed by atoms with Crippen molar-refractivity contribution in [2.75, 3.05) is 19.9 Å². The summed E-state index contributed by atoms with van der Waals surface area (Å²) in [5.41, 5.74) is 0.394. The van der Waals surface area contributed by atoms with Crippen LogP contribution < -0.4 is 10.2 Å². The molecule has 0 aromatic heterocycles. The molecule has 2 atom stereocenters. The van der Waals surface area contributed by atoms with Crippen LogP contribution in [0.25, 0.3) is 0 Å². The van der Waals surface area contributed by atoms with Gasteiger partial charge in [-0.25, -0.2) is 0 Å². The number of hydrogen-bond donors (Lipinski definition) is 0. The molecule has 0 bridgehead atoms. The molecule has 1 aromatic rings. The highest BCUT2D eigenvalue weighted by atomic mass is 127. The smallest absolute Gasteiger partial charge is 0.488 e. The maximum absolute atomic E-state index is 6.04. The fourth-order valence-corrected chi connectivity index (χ4v) is 2.48. The van der Waals surface area contributed by atoms with Gasteiger partial charge < -0.3 is 18.8 Å². The third-order valence-corrected chi connectivity index (χ3v) is 4.60. The van der Waals surface area contributed by atoms with Crippen molar-refractivity contribution in [2.24, 2.45) is 0 Å². The van der Waals surface area contributed by atoms with E-state index in [-0.39, 0.29) is 24.4 Å². The largest absolute Gasteiger partial charge is 0.494 e. The summed E-state index contributed by atoms with van der Waals surface area (Å²) in [5, 5.41) is 0. The molecule has 0 saturated carbocycles. The van der Waals surface area contributed by atoms with Crippen LogP contribution in [0.4, 0.5) is 0 Å². The molecule has 2 heterocycles. The highest BCUT2D eigenvalue weighted by molar-refractivity contribution is 14.2. The van der Waals surface area contributed by atoms with Crippen molar-refractivity contribution >= 4 is 40.8 Å².